The van der Waals surface area contributed by atoms with Crippen LogP contribution < -0.4 is 5.32 Å². The number of hydrogen-bond acceptors (Lipinski definition) is 4. The molecule has 1 aliphatic heterocycles. The first kappa shape index (κ1) is 18.9. The average molecular weight is 353 g/mol. The molecule has 1 aromatic carbocycles. The maximum Gasteiger partial charge on any atom is 0.253 e. The molecule has 0 aromatic heterocycles. The van der Waals surface area contributed by atoms with Crippen LogP contribution in [0.15, 0.2) is 29.2 Å². The van der Waals surface area contributed by atoms with Crippen LogP contribution in [0.3, 0.4) is 0 Å². The molecular formula is C17H27N3O3S. The van der Waals surface area contributed by atoms with Gasteiger partial charge in [0.05, 0.1) is 4.90 Å². The summed E-state index contributed by atoms with van der Waals surface area (Å²) in [6.45, 7) is 5.95. The van der Waals surface area contributed by atoms with Crippen molar-refractivity contribution in [1.29, 1.82) is 0 Å². The lowest BCUT2D eigenvalue weighted by Gasteiger charge is -2.22. The zero-order valence-electron chi connectivity index (χ0n) is 14.8. The zero-order valence-corrected chi connectivity index (χ0v) is 15.6. The Morgan fingerprint density at radius 2 is 2.12 bits per heavy atom. The van der Waals surface area contributed by atoms with E-state index in [4.69, 9.17) is 0 Å². The molecule has 1 amide bonds. The first-order chi connectivity index (χ1) is 11.3. The van der Waals surface area contributed by atoms with E-state index in [0.29, 0.717) is 24.6 Å². The Labute approximate surface area is 144 Å². The smallest absolute Gasteiger partial charge is 0.253 e. The predicted molar refractivity (Wildman–Crippen MR) is 94.5 cm³/mol. The second kappa shape index (κ2) is 7.63. The molecule has 24 heavy (non-hydrogen) atoms. The molecule has 2 rings (SSSR count). The van der Waals surface area contributed by atoms with Gasteiger partial charge in [0, 0.05) is 31.7 Å². The number of sulfonamides is 1. The van der Waals surface area contributed by atoms with Crippen LogP contribution in [0.4, 0.5) is 0 Å². The Kier molecular flexibility index (Phi) is 6.01. The fourth-order valence-corrected chi connectivity index (χ4v) is 4.30. The zero-order chi connectivity index (χ0) is 17.9. The molecule has 1 aromatic rings. The van der Waals surface area contributed by atoms with Crippen LogP contribution in [-0.2, 0) is 10.0 Å². The predicted octanol–water partition coefficient (Wildman–Crippen LogP) is 1.40. The van der Waals surface area contributed by atoms with E-state index in [1.54, 1.807) is 30.1 Å². The number of amides is 1. The summed E-state index contributed by atoms with van der Waals surface area (Å²) in [5, 5.41) is 3.14. The minimum atomic E-state index is -3.58. The Hall–Kier alpha value is -1.44. The Morgan fingerprint density at radius 3 is 2.75 bits per heavy atom. The van der Waals surface area contributed by atoms with Gasteiger partial charge >= 0.3 is 0 Å². The van der Waals surface area contributed by atoms with Crippen LogP contribution in [-0.4, -0.2) is 63.3 Å². The first-order valence-corrected chi connectivity index (χ1v) is 9.73. The molecule has 0 bridgehead atoms. The number of hydrogen-bond donors (Lipinski definition) is 1. The van der Waals surface area contributed by atoms with E-state index < -0.39 is 10.0 Å². The maximum atomic E-state index is 12.7. The molecule has 1 unspecified atom stereocenters. The Balaban J connectivity index is 2.20. The van der Waals surface area contributed by atoms with Crippen LogP contribution >= 0.6 is 0 Å². The number of carbonyl (C=O) groups excluding carboxylic acids is 1. The van der Waals surface area contributed by atoms with Crippen molar-refractivity contribution in [2.45, 2.75) is 31.2 Å². The van der Waals surface area contributed by atoms with Crippen LogP contribution in [0.1, 0.15) is 30.6 Å². The highest BCUT2D eigenvalue weighted by molar-refractivity contribution is 7.89. The first-order valence-electron chi connectivity index (χ1n) is 8.29. The Morgan fingerprint density at radius 1 is 1.42 bits per heavy atom. The van der Waals surface area contributed by atoms with Crippen molar-refractivity contribution in [3.05, 3.63) is 29.8 Å². The van der Waals surface area contributed by atoms with Gasteiger partial charge in [0.15, 0.2) is 0 Å². The number of rotatable bonds is 6. The standard InChI is InChI=1S/C17H27N3O3S/c1-13(2)19(4)24(22,23)16-7-5-6-15(10-16)17(21)20-9-8-14(12-20)11-18-3/h5-7,10,13-14,18H,8-9,11-12H2,1-4H3. The van der Waals surface area contributed by atoms with Crippen molar-refractivity contribution in [3.8, 4) is 0 Å². The highest BCUT2D eigenvalue weighted by atomic mass is 32.2. The molecule has 1 atom stereocenters. The van der Waals surface area contributed by atoms with Crippen molar-refractivity contribution >= 4 is 15.9 Å². The highest BCUT2D eigenvalue weighted by Gasteiger charge is 2.28. The summed E-state index contributed by atoms with van der Waals surface area (Å²) in [6, 6.07) is 6.20. The summed E-state index contributed by atoms with van der Waals surface area (Å²) in [7, 11) is -0.125. The van der Waals surface area contributed by atoms with Crippen LogP contribution in [0.2, 0.25) is 0 Å². The third-order valence-electron chi connectivity index (χ3n) is 4.55. The van der Waals surface area contributed by atoms with E-state index in [9.17, 15) is 13.2 Å². The third-order valence-corrected chi connectivity index (χ3v) is 6.58. The van der Waals surface area contributed by atoms with Crippen molar-refractivity contribution in [2.75, 3.05) is 33.7 Å². The summed E-state index contributed by atoms with van der Waals surface area (Å²) in [5.41, 5.74) is 0.429. The molecular weight excluding hydrogens is 326 g/mol. The van der Waals surface area contributed by atoms with Crippen molar-refractivity contribution in [2.24, 2.45) is 5.92 Å². The summed E-state index contributed by atoms with van der Waals surface area (Å²) in [4.78, 5) is 14.6. The Bertz CT molecular complexity index is 688. The summed E-state index contributed by atoms with van der Waals surface area (Å²) >= 11 is 0. The quantitative estimate of drug-likeness (QED) is 0.839. The monoisotopic (exact) mass is 353 g/mol. The van der Waals surface area contributed by atoms with Gasteiger partial charge in [-0.1, -0.05) is 6.07 Å². The van der Waals surface area contributed by atoms with Gasteiger partial charge in [0.1, 0.15) is 0 Å². The lowest BCUT2D eigenvalue weighted by Crippen LogP contribution is -2.33. The topological polar surface area (TPSA) is 69.7 Å². The molecule has 7 heteroatoms. The average Bonchev–Trinajstić information content (AvgIpc) is 3.02. The number of benzene rings is 1. The minimum absolute atomic E-state index is 0.0992. The van der Waals surface area contributed by atoms with E-state index in [0.717, 1.165) is 13.0 Å². The van der Waals surface area contributed by atoms with Crippen LogP contribution in [0.5, 0.6) is 0 Å². The van der Waals surface area contributed by atoms with Gasteiger partial charge in [-0.15, -0.1) is 0 Å². The lowest BCUT2D eigenvalue weighted by atomic mass is 10.1. The molecule has 1 heterocycles. The third kappa shape index (κ3) is 3.96. The second-order valence-electron chi connectivity index (χ2n) is 6.61. The minimum Gasteiger partial charge on any atom is -0.338 e. The number of carbonyl (C=O) groups is 1. The van der Waals surface area contributed by atoms with E-state index in [-0.39, 0.29) is 16.8 Å². The molecule has 0 spiro atoms. The van der Waals surface area contributed by atoms with Gasteiger partial charge in [-0.05, 0) is 58.0 Å². The SMILES string of the molecule is CNCC1CCN(C(=O)c2cccc(S(=O)(=O)N(C)C(C)C)c2)C1. The molecule has 134 valence electrons. The fourth-order valence-electron chi connectivity index (χ4n) is 2.89. The number of nitrogens with one attached hydrogen (secondary N) is 1. The number of likely N-dealkylation sites (tertiary alicyclic amines) is 1. The molecule has 0 aliphatic carbocycles. The normalized spacial score (nSPS) is 18.6. The molecule has 0 radical (unpaired) electrons. The summed E-state index contributed by atoms with van der Waals surface area (Å²) in [6.07, 6.45) is 0.973. The largest absolute Gasteiger partial charge is 0.338 e. The van der Waals surface area contributed by atoms with Gasteiger partial charge < -0.3 is 10.2 Å². The van der Waals surface area contributed by atoms with Gasteiger partial charge in [0.25, 0.3) is 5.91 Å². The van der Waals surface area contributed by atoms with E-state index in [1.165, 1.54) is 10.4 Å². The van der Waals surface area contributed by atoms with Gasteiger partial charge in [-0.25, -0.2) is 8.42 Å². The van der Waals surface area contributed by atoms with E-state index in [1.807, 2.05) is 20.9 Å². The van der Waals surface area contributed by atoms with Gasteiger partial charge in [-0.3, -0.25) is 4.79 Å². The number of nitrogens with zero attached hydrogens (tertiary/aromatic N) is 2. The second-order valence-corrected chi connectivity index (χ2v) is 8.60. The maximum absolute atomic E-state index is 12.7. The van der Waals surface area contributed by atoms with Gasteiger partial charge in [-0.2, -0.15) is 4.31 Å². The molecule has 1 N–H and O–H groups in total. The van der Waals surface area contributed by atoms with E-state index in [2.05, 4.69) is 5.32 Å². The molecule has 1 fully saturated rings. The molecule has 6 nitrogen and oxygen atoms in total. The van der Waals surface area contributed by atoms with Crippen molar-refractivity contribution in [3.63, 3.8) is 0 Å². The van der Waals surface area contributed by atoms with Crippen LogP contribution in [0.25, 0.3) is 0 Å². The van der Waals surface area contributed by atoms with Crippen molar-refractivity contribution in [1.82, 2.24) is 14.5 Å². The van der Waals surface area contributed by atoms with Crippen LogP contribution in [0, 0.1) is 5.92 Å². The molecule has 0 saturated carbocycles. The molecule has 1 aliphatic rings. The summed E-state index contributed by atoms with van der Waals surface area (Å²) in [5.74, 6) is 0.357. The van der Waals surface area contributed by atoms with E-state index >= 15 is 0 Å². The molecule has 1 saturated heterocycles. The fraction of sp³-hybridized carbons (Fsp3) is 0.588. The van der Waals surface area contributed by atoms with Crippen molar-refractivity contribution < 1.29 is 13.2 Å². The van der Waals surface area contributed by atoms with Gasteiger partial charge in [0.2, 0.25) is 10.0 Å². The highest BCUT2D eigenvalue weighted by Crippen LogP contribution is 2.21. The summed E-state index contributed by atoms with van der Waals surface area (Å²) < 4.78 is 26.5. The lowest BCUT2D eigenvalue weighted by molar-refractivity contribution is 0.0787.